The fourth-order valence-corrected chi connectivity index (χ4v) is 1.95. The van der Waals surface area contributed by atoms with Gasteiger partial charge in [-0.1, -0.05) is 6.07 Å². The first-order chi connectivity index (χ1) is 7.29. The summed E-state index contributed by atoms with van der Waals surface area (Å²) in [5.41, 5.74) is 1.29. The van der Waals surface area contributed by atoms with Crippen molar-refractivity contribution in [2.45, 2.75) is 6.42 Å². The molecule has 0 aliphatic heterocycles. The Balaban J connectivity index is 2.27. The molecule has 0 saturated heterocycles. The van der Waals surface area contributed by atoms with E-state index < -0.39 is 0 Å². The number of aromatic hydroxyl groups is 1. The summed E-state index contributed by atoms with van der Waals surface area (Å²) in [6.07, 6.45) is 2.46. The molecule has 0 amide bonds. The number of phenolic OH excluding ortho intramolecular Hbond substituents is 1. The van der Waals surface area contributed by atoms with Crippen LogP contribution >= 0.6 is 11.3 Å². The number of rotatable bonds is 2. The Morgan fingerprint density at radius 3 is 3.00 bits per heavy atom. The Kier molecular flexibility index (Phi) is 2.66. The summed E-state index contributed by atoms with van der Waals surface area (Å²) < 4.78 is 0. The van der Waals surface area contributed by atoms with E-state index in [1.54, 1.807) is 35.7 Å². The number of hydrogen-bond donors (Lipinski definition) is 1. The van der Waals surface area contributed by atoms with E-state index in [9.17, 15) is 5.11 Å². The van der Waals surface area contributed by atoms with E-state index in [-0.39, 0.29) is 5.75 Å². The van der Waals surface area contributed by atoms with Gasteiger partial charge in [-0.15, -0.1) is 11.3 Å². The van der Waals surface area contributed by atoms with Gasteiger partial charge in [0.2, 0.25) is 0 Å². The van der Waals surface area contributed by atoms with E-state index in [2.05, 4.69) is 4.98 Å². The fraction of sp³-hybridized carbons (Fsp3) is 0.0909. The highest BCUT2D eigenvalue weighted by Gasteiger charge is 2.03. The van der Waals surface area contributed by atoms with E-state index in [0.717, 1.165) is 10.6 Å². The molecule has 4 heteroatoms. The van der Waals surface area contributed by atoms with Crippen LogP contribution in [0.3, 0.4) is 0 Å². The minimum atomic E-state index is 0.0281. The first-order valence-corrected chi connectivity index (χ1v) is 5.28. The van der Waals surface area contributed by atoms with Crippen LogP contribution in [0.15, 0.2) is 29.8 Å². The minimum Gasteiger partial charge on any atom is -0.507 e. The molecule has 0 spiro atoms. The predicted octanol–water partition coefficient (Wildman–Crippen LogP) is 2.31. The van der Waals surface area contributed by atoms with Crippen LogP contribution < -0.4 is 0 Å². The fourth-order valence-electron chi connectivity index (χ4n) is 1.30. The number of nitriles is 1. The third-order valence-corrected chi connectivity index (χ3v) is 2.80. The molecule has 0 saturated carbocycles. The molecule has 0 bridgehead atoms. The maximum Gasteiger partial charge on any atom is 0.133 e. The molecule has 15 heavy (non-hydrogen) atoms. The molecule has 1 N–H and O–H groups in total. The normalized spacial score (nSPS) is 9.80. The van der Waals surface area contributed by atoms with Gasteiger partial charge in [0.25, 0.3) is 0 Å². The van der Waals surface area contributed by atoms with Crippen molar-refractivity contribution in [3.63, 3.8) is 0 Å². The van der Waals surface area contributed by atoms with E-state index in [1.165, 1.54) is 0 Å². The van der Waals surface area contributed by atoms with Gasteiger partial charge in [0, 0.05) is 18.0 Å². The zero-order valence-electron chi connectivity index (χ0n) is 7.84. The molecule has 1 heterocycles. The first kappa shape index (κ1) is 9.69. The lowest BCUT2D eigenvalue weighted by molar-refractivity contribution is 0.473. The Morgan fingerprint density at radius 1 is 1.47 bits per heavy atom. The van der Waals surface area contributed by atoms with Crippen molar-refractivity contribution in [1.29, 1.82) is 5.26 Å². The average Bonchev–Trinajstić information content (AvgIpc) is 2.73. The van der Waals surface area contributed by atoms with Gasteiger partial charge in [0.1, 0.15) is 11.8 Å². The second kappa shape index (κ2) is 4.11. The molecule has 0 aliphatic carbocycles. The molecule has 74 valence electrons. The van der Waals surface area contributed by atoms with Crippen LogP contribution in [0.4, 0.5) is 0 Å². The summed E-state index contributed by atoms with van der Waals surface area (Å²) >= 11 is 1.58. The zero-order chi connectivity index (χ0) is 10.7. The van der Waals surface area contributed by atoms with Crippen molar-refractivity contribution < 1.29 is 5.11 Å². The van der Waals surface area contributed by atoms with E-state index >= 15 is 0 Å². The van der Waals surface area contributed by atoms with Crippen molar-refractivity contribution in [3.05, 3.63) is 45.9 Å². The summed E-state index contributed by atoms with van der Waals surface area (Å²) in [7, 11) is 0. The van der Waals surface area contributed by atoms with E-state index in [0.29, 0.717) is 12.0 Å². The van der Waals surface area contributed by atoms with Crippen molar-refractivity contribution in [3.8, 4) is 11.8 Å². The lowest BCUT2D eigenvalue weighted by Gasteiger charge is -2.00. The summed E-state index contributed by atoms with van der Waals surface area (Å²) in [6, 6.07) is 6.99. The molecular weight excluding hydrogens is 208 g/mol. The third kappa shape index (κ3) is 2.14. The largest absolute Gasteiger partial charge is 0.507 e. The van der Waals surface area contributed by atoms with Crippen molar-refractivity contribution >= 4 is 11.3 Å². The molecule has 0 unspecified atom stereocenters. The van der Waals surface area contributed by atoms with Crippen LogP contribution in [0.5, 0.6) is 5.75 Å². The quantitative estimate of drug-likeness (QED) is 0.838. The first-order valence-electron chi connectivity index (χ1n) is 4.40. The van der Waals surface area contributed by atoms with E-state index in [1.807, 2.05) is 11.4 Å². The molecule has 3 nitrogen and oxygen atoms in total. The summed E-state index contributed by atoms with van der Waals surface area (Å²) in [5.74, 6) is 0.0281. The second-order valence-corrected chi connectivity index (χ2v) is 4.05. The Hall–Kier alpha value is -1.86. The Bertz CT molecular complexity index is 500. The maximum absolute atomic E-state index is 9.33. The monoisotopic (exact) mass is 216 g/mol. The van der Waals surface area contributed by atoms with Gasteiger partial charge in [0.15, 0.2) is 0 Å². The van der Waals surface area contributed by atoms with Crippen LogP contribution in [0.2, 0.25) is 0 Å². The topological polar surface area (TPSA) is 56.9 Å². The standard InChI is InChI=1S/C11H8N2OS/c12-7-9-5-8(1-2-10(9)14)6-11-13-3-4-15-11/h1-5,14H,6H2. The van der Waals surface area contributed by atoms with Crippen LogP contribution in [0, 0.1) is 11.3 Å². The van der Waals surface area contributed by atoms with Crippen molar-refractivity contribution in [1.82, 2.24) is 4.98 Å². The number of nitrogens with zero attached hydrogens (tertiary/aromatic N) is 2. The molecule has 0 atom stereocenters. The van der Waals surface area contributed by atoms with Gasteiger partial charge in [-0.05, 0) is 17.7 Å². The minimum absolute atomic E-state index is 0.0281. The SMILES string of the molecule is N#Cc1cc(Cc2nccs2)ccc1O. The number of phenols is 1. The second-order valence-electron chi connectivity index (χ2n) is 3.07. The van der Waals surface area contributed by atoms with Gasteiger partial charge in [-0.2, -0.15) is 5.26 Å². The molecular formula is C11H8N2OS. The van der Waals surface area contributed by atoms with Crippen molar-refractivity contribution in [2.75, 3.05) is 0 Å². The summed E-state index contributed by atoms with van der Waals surface area (Å²) in [4.78, 5) is 4.16. The molecule has 2 rings (SSSR count). The number of thiazole rings is 1. The Morgan fingerprint density at radius 2 is 2.33 bits per heavy atom. The van der Waals surface area contributed by atoms with Gasteiger partial charge in [-0.25, -0.2) is 4.98 Å². The predicted molar refractivity (Wildman–Crippen MR) is 57.7 cm³/mol. The lowest BCUT2D eigenvalue weighted by Crippen LogP contribution is -1.88. The smallest absolute Gasteiger partial charge is 0.133 e. The maximum atomic E-state index is 9.33. The average molecular weight is 216 g/mol. The van der Waals surface area contributed by atoms with Gasteiger partial charge >= 0.3 is 0 Å². The highest BCUT2D eigenvalue weighted by Crippen LogP contribution is 2.19. The molecule has 0 aliphatic rings. The van der Waals surface area contributed by atoms with Crippen LogP contribution in [-0.4, -0.2) is 10.1 Å². The Labute approximate surface area is 91.3 Å². The van der Waals surface area contributed by atoms with Gasteiger partial charge < -0.3 is 5.11 Å². The number of hydrogen-bond acceptors (Lipinski definition) is 4. The molecule has 1 aromatic carbocycles. The van der Waals surface area contributed by atoms with Crippen LogP contribution in [0.25, 0.3) is 0 Å². The lowest BCUT2D eigenvalue weighted by atomic mass is 10.1. The van der Waals surface area contributed by atoms with Crippen molar-refractivity contribution in [2.24, 2.45) is 0 Å². The number of benzene rings is 1. The molecule has 0 fully saturated rings. The van der Waals surface area contributed by atoms with E-state index in [4.69, 9.17) is 5.26 Å². The van der Waals surface area contributed by atoms with Gasteiger partial charge in [0.05, 0.1) is 10.6 Å². The van der Waals surface area contributed by atoms with Gasteiger partial charge in [-0.3, -0.25) is 0 Å². The van der Waals surface area contributed by atoms with Crippen LogP contribution in [-0.2, 0) is 6.42 Å². The highest BCUT2D eigenvalue weighted by atomic mass is 32.1. The third-order valence-electron chi connectivity index (χ3n) is 2.02. The zero-order valence-corrected chi connectivity index (χ0v) is 8.66. The summed E-state index contributed by atoms with van der Waals surface area (Å²) in [6.45, 7) is 0. The molecule has 2 aromatic rings. The molecule has 0 radical (unpaired) electrons. The molecule has 1 aromatic heterocycles. The van der Waals surface area contributed by atoms with Crippen LogP contribution in [0.1, 0.15) is 16.1 Å². The highest BCUT2D eigenvalue weighted by molar-refractivity contribution is 7.09. The summed E-state index contributed by atoms with van der Waals surface area (Å²) in [5, 5.41) is 21.0. The number of aromatic nitrogens is 1.